The Kier molecular flexibility index (Phi) is 5.91. The highest BCUT2D eigenvalue weighted by Crippen LogP contribution is 2.35. The van der Waals surface area contributed by atoms with Gasteiger partial charge in [0, 0.05) is 5.56 Å². The first-order valence-electron chi connectivity index (χ1n) is 9.93. The SMILES string of the molecule is COc1cccc(C(=O)Nc2nc(C)c(C(=O)Oc3ccc4c(c3)CCC4C(N)=O)s2)c1. The monoisotopic (exact) mass is 451 g/mol. The van der Waals surface area contributed by atoms with Gasteiger partial charge in [-0.25, -0.2) is 9.78 Å². The molecule has 1 aromatic heterocycles. The van der Waals surface area contributed by atoms with Gasteiger partial charge >= 0.3 is 5.97 Å². The van der Waals surface area contributed by atoms with Crippen molar-refractivity contribution in [3.63, 3.8) is 0 Å². The molecule has 4 rings (SSSR count). The standard InChI is InChI=1S/C23H21N3O5S/c1-12-19(32-23(25-12)26-21(28)14-4-3-5-15(11-14)30-2)22(29)31-16-7-9-17-13(10-16)6-8-18(17)20(24)27/h3-5,7,9-11,18H,6,8H2,1-2H3,(H2,24,27)(H,25,26,28). The third kappa shape index (κ3) is 4.33. The van der Waals surface area contributed by atoms with Crippen molar-refractivity contribution >= 4 is 34.3 Å². The number of nitrogens with two attached hydrogens (primary N) is 1. The Hall–Kier alpha value is -3.72. The zero-order chi connectivity index (χ0) is 22.8. The van der Waals surface area contributed by atoms with E-state index in [0.717, 1.165) is 22.5 Å². The molecule has 3 N–H and O–H groups in total. The van der Waals surface area contributed by atoms with E-state index in [2.05, 4.69) is 10.3 Å². The van der Waals surface area contributed by atoms with Crippen molar-refractivity contribution in [1.29, 1.82) is 0 Å². The highest BCUT2D eigenvalue weighted by atomic mass is 32.1. The summed E-state index contributed by atoms with van der Waals surface area (Å²) in [5, 5.41) is 2.99. The average molecular weight is 452 g/mol. The number of methoxy groups -OCH3 is 1. The Morgan fingerprint density at radius 3 is 2.72 bits per heavy atom. The number of amides is 2. The van der Waals surface area contributed by atoms with E-state index in [9.17, 15) is 14.4 Å². The fourth-order valence-corrected chi connectivity index (χ4v) is 4.52. The first-order chi connectivity index (χ1) is 15.4. The molecule has 9 heteroatoms. The maximum Gasteiger partial charge on any atom is 0.355 e. The van der Waals surface area contributed by atoms with Crippen LogP contribution < -0.4 is 20.5 Å². The van der Waals surface area contributed by atoms with Crippen LogP contribution in [0.3, 0.4) is 0 Å². The number of nitrogens with one attached hydrogen (secondary N) is 1. The molecule has 3 aromatic rings. The molecule has 1 aliphatic rings. The normalized spacial score (nSPS) is 14.5. The molecule has 164 valence electrons. The molecule has 8 nitrogen and oxygen atoms in total. The van der Waals surface area contributed by atoms with Crippen molar-refractivity contribution in [2.24, 2.45) is 5.73 Å². The van der Waals surface area contributed by atoms with Crippen LogP contribution in [0.5, 0.6) is 11.5 Å². The van der Waals surface area contributed by atoms with E-state index in [0.29, 0.717) is 45.6 Å². The van der Waals surface area contributed by atoms with E-state index in [1.54, 1.807) is 49.4 Å². The van der Waals surface area contributed by atoms with Crippen molar-refractivity contribution in [3.05, 3.63) is 69.7 Å². The summed E-state index contributed by atoms with van der Waals surface area (Å²) in [6.45, 7) is 1.68. The van der Waals surface area contributed by atoms with Crippen LogP contribution in [-0.2, 0) is 11.2 Å². The number of nitrogens with zero attached hydrogens (tertiary/aromatic N) is 1. The van der Waals surface area contributed by atoms with E-state index in [1.165, 1.54) is 7.11 Å². The number of hydrogen-bond acceptors (Lipinski definition) is 7. The predicted molar refractivity (Wildman–Crippen MR) is 119 cm³/mol. The number of ether oxygens (including phenoxy) is 2. The number of anilines is 1. The molecule has 32 heavy (non-hydrogen) atoms. The minimum atomic E-state index is -0.564. The van der Waals surface area contributed by atoms with Crippen LogP contribution in [0.1, 0.15) is 49.2 Å². The van der Waals surface area contributed by atoms with Gasteiger partial charge in [0.25, 0.3) is 5.91 Å². The van der Waals surface area contributed by atoms with Crippen LogP contribution in [0.15, 0.2) is 42.5 Å². The quantitative estimate of drug-likeness (QED) is 0.437. The van der Waals surface area contributed by atoms with Crippen LogP contribution in [0.4, 0.5) is 5.13 Å². The summed E-state index contributed by atoms with van der Waals surface area (Å²) in [4.78, 5) is 41.3. The number of rotatable bonds is 6. The number of fused-ring (bicyclic) bond motifs is 1. The summed E-state index contributed by atoms with van der Waals surface area (Å²) in [5.41, 5.74) is 8.15. The second-order valence-electron chi connectivity index (χ2n) is 7.36. The molecule has 1 aliphatic carbocycles. The number of carbonyl (C=O) groups is 3. The van der Waals surface area contributed by atoms with E-state index >= 15 is 0 Å². The van der Waals surface area contributed by atoms with Gasteiger partial charge in [-0.05, 0) is 61.2 Å². The molecule has 0 bridgehead atoms. The Labute approximate surface area is 188 Å². The molecule has 0 aliphatic heterocycles. The zero-order valence-electron chi connectivity index (χ0n) is 17.5. The maximum absolute atomic E-state index is 12.7. The predicted octanol–water partition coefficient (Wildman–Crippen LogP) is 3.45. The van der Waals surface area contributed by atoms with Gasteiger partial charge in [-0.3, -0.25) is 14.9 Å². The van der Waals surface area contributed by atoms with Gasteiger partial charge in [0.05, 0.1) is 18.7 Å². The Bertz CT molecular complexity index is 1220. The van der Waals surface area contributed by atoms with E-state index in [-0.39, 0.29) is 17.7 Å². The molecule has 0 spiro atoms. The molecule has 0 saturated heterocycles. The third-order valence-electron chi connectivity index (χ3n) is 5.28. The molecule has 0 saturated carbocycles. The van der Waals surface area contributed by atoms with Gasteiger partial charge in [-0.1, -0.05) is 23.5 Å². The highest BCUT2D eigenvalue weighted by Gasteiger charge is 2.27. The van der Waals surface area contributed by atoms with Crippen LogP contribution in [0.2, 0.25) is 0 Å². The third-order valence-corrected chi connectivity index (χ3v) is 6.33. The Morgan fingerprint density at radius 2 is 1.97 bits per heavy atom. The number of esters is 1. The number of benzene rings is 2. The number of hydrogen-bond donors (Lipinski definition) is 2. The summed E-state index contributed by atoms with van der Waals surface area (Å²) in [5.74, 6) is -0.625. The highest BCUT2D eigenvalue weighted by molar-refractivity contribution is 7.17. The molecular formula is C23H21N3O5S. The number of aryl methyl sites for hydroxylation is 2. The number of carbonyl (C=O) groups excluding carboxylic acids is 3. The largest absolute Gasteiger partial charge is 0.497 e. The van der Waals surface area contributed by atoms with Crippen molar-refractivity contribution in [2.45, 2.75) is 25.7 Å². The summed E-state index contributed by atoms with van der Waals surface area (Å²) in [6, 6.07) is 11.9. The molecule has 2 aromatic carbocycles. The zero-order valence-corrected chi connectivity index (χ0v) is 18.3. The summed E-state index contributed by atoms with van der Waals surface area (Å²) < 4.78 is 10.7. The molecule has 1 heterocycles. The summed E-state index contributed by atoms with van der Waals surface area (Å²) >= 11 is 1.04. The molecule has 0 fully saturated rings. The summed E-state index contributed by atoms with van der Waals surface area (Å²) in [6.07, 6.45) is 1.36. The van der Waals surface area contributed by atoms with Gasteiger partial charge in [0.15, 0.2) is 5.13 Å². The topological polar surface area (TPSA) is 121 Å². The van der Waals surface area contributed by atoms with Crippen LogP contribution in [0.25, 0.3) is 0 Å². The molecule has 0 radical (unpaired) electrons. The fourth-order valence-electron chi connectivity index (χ4n) is 3.68. The summed E-state index contributed by atoms with van der Waals surface area (Å²) in [7, 11) is 1.52. The van der Waals surface area contributed by atoms with E-state index in [1.807, 2.05) is 0 Å². The van der Waals surface area contributed by atoms with Gasteiger partial charge < -0.3 is 15.2 Å². The average Bonchev–Trinajstić information content (AvgIpc) is 3.36. The van der Waals surface area contributed by atoms with Crippen molar-refractivity contribution in [1.82, 2.24) is 4.98 Å². The lowest BCUT2D eigenvalue weighted by molar-refractivity contribution is -0.119. The van der Waals surface area contributed by atoms with E-state index < -0.39 is 5.97 Å². The van der Waals surface area contributed by atoms with E-state index in [4.69, 9.17) is 15.2 Å². The molecular weight excluding hydrogens is 430 g/mol. The lowest BCUT2D eigenvalue weighted by atomic mass is 10.0. The second kappa shape index (κ2) is 8.80. The van der Waals surface area contributed by atoms with Crippen LogP contribution >= 0.6 is 11.3 Å². The first kappa shape index (κ1) is 21.5. The van der Waals surface area contributed by atoms with Crippen molar-refractivity contribution in [3.8, 4) is 11.5 Å². The van der Waals surface area contributed by atoms with Crippen LogP contribution in [0, 0.1) is 6.92 Å². The maximum atomic E-state index is 12.7. The van der Waals surface area contributed by atoms with Gasteiger partial charge in [-0.15, -0.1) is 0 Å². The minimum Gasteiger partial charge on any atom is -0.497 e. The lowest BCUT2D eigenvalue weighted by Crippen LogP contribution is -2.19. The minimum absolute atomic E-state index is 0.292. The Balaban J connectivity index is 1.46. The van der Waals surface area contributed by atoms with Gasteiger partial charge in [0.2, 0.25) is 5.91 Å². The number of thiazole rings is 1. The van der Waals surface area contributed by atoms with Crippen molar-refractivity contribution in [2.75, 3.05) is 12.4 Å². The fraction of sp³-hybridized carbons (Fsp3) is 0.217. The van der Waals surface area contributed by atoms with Crippen LogP contribution in [-0.4, -0.2) is 29.9 Å². The molecule has 1 unspecified atom stereocenters. The van der Waals surface area contributed by atoms with Crippen molar-refractivity contribution < 1.29 is 23.9 Å². The first-order valence-corrected chi connectivity index (χ1v) is 10.7. The molecule has 1 atom stereocenters. The lowest BCUT2D eigenvalue weighted by Gasteiger charge is -2.08. The van der Waals surface area contributed by atoms with Gasteiger partial charge in [0.1, 0.15) is 16.4 Å². The molecule has 2 amide bonds. The second-order valence-corrected chi connectivity index (χ2v) is 8.36. The Morgan fingerprint density at radius 1 is 1.16 bits per heavy atom. The smallest absolute Gasteiger partial charge is 0.355 e. The van der Waals surface area contributed by atoms with Gasteiger partial charge in [-0.2, -0.15) is 0 Å². The number of aromatic nitrogens is 1. The number of primary amides is 1.